The molecule has 1 aliphatic heterocycles. The van der Waals surface area contributed by atoms with Crippen LogP contribution >= 0.6 is 0 Å². The van der Waals surface area contributed by atoms with Crippen LogP contribution in [-0.4, -0.2) is 33.1 Å². The second-order valence-electron chi connectivity index (χ2n) is 7.38. The van der Waals surface area contributed by atoms with E-state index >= 15 is 0 Å². The van der Waals surface area contributed by atoms with Crippen LogP contribution in [0.3, 0.4) is 0 Å². The molecule has 1 aromatic carbocycles. The van der Waals surface area contributed by atoms with E-state index < -0.39 is 11.6 Å². The first-order chi connectivity index (χ1) is 13.6. The second kappa shape index (κ2) is 6.54. The average molecular weight is 383 g/mol. The Morgan fingerprint density at radius 2 is 2.04 bits per heavy atom. The number of amides is 1. The summed E-state index contributed by atoms with van der Waals surface area (Å²) in [5.74, 6) is -0.439. The number of carbonyl (C=O) groups is 1. The van der Waals surface area contributed by atoms with E-state index in [4.69, 9.17) is 0 Å². The lowest BCUT2D eigenvalue weighted by atomic mass is 10.0. The number of anilines is 1. The van der Waals surface area contributed by atoms with Gasteiger partial charge in [-0.25, -0.2) is 18.3 Å². The van der Waals surface area contributed by atoms with Crippen LogP contribution in [0.5, 0.6) is 0 Å². The quantitative estimate of drug-likeness (QED) is 0.751. The van der Waals surface area contributed by atoms with Gasteiger partial charge in [-0.1, -0.05) is 0 Å². The largest absolute Gasteiger partial charge is 0.349 e. The van der Waals surface area contributed by atoms with Gasteiger partial charge in [0.25, 0.3) is 5.91 Å². The SMILES string of the molecule is O=C(NC1CC1)c1cnn2ccc(N3CCCC3c3cc(F)ccc3F)nc12. The molecule has 1 atom stereocenters. The number of carbonyl (C=O) groups excluding carboxylic acids is 1. The Labute approximate surface area is 160 Å². The molecular weight excluding hydrogens is 364 g/mol. The molecule has 2 aliphatic rings. The fraction of sp³-hybridized carbons (Fsp3) is 0.350. The Bertz CT molecular complexity index is 1060. The van der Waals surface area contributed by atoms with Crippen molar-refractivity contribution in [1.29, 1.82) is 0 Å². The lowest BCUT2D eigenvalue weighted by Gasteiger charge is -2.26. The molecule has 1 saturated heterocycles. The molecule has 0 radical (unpaired) electrons. The van der Waals surface area contributed by atoms with Gasteiger partial charge in [-0.3, -0.25) is 4.79 Å². The standard InChI is InChI=1S/C20H19F2N5O/c21-12-3-6-16(22)14(10-12)17-2-1-8-26(17)18-7-9-27-19(25-18)15(11-23-27)20(28)24-13-4-5-13/h3,6-7,9-11,13,17H,1-2,4-5,8H2,(H,24,28). The van der Waals surface area contributed by atoms with Gasteiger partial charge < -0.3 is 10.2 Å². The van der Waals surface area contributed by atoms with Crippen molar-refractivity contribution in [2.75, 3.05) is 11.4 Å². The van der Waals surface area contributed by atoms with Crippen molar-refractivity contribution in [3.8, 4) is 0 Å². The van der Waals surface area contributed by atoms with Gasteiger partial charge in [-0.2, -0.15) is 5.10 Å². The minimum atomic E-state index is -0.457. The summed E-state index contributed by atoms with van der Waals surface area (Å²) in [6.07, 6.45) is 6.81. The summed E-state index contributed by atoms with van der Waals surface area (Å²) < 4.78 is 29.6. The van der Waals surface area contributed by atoms with E-state index in [9.17, 15) is 13.6 Å². The smallest absolute Gasteiger partial charge is 0.256 e. The summed E-state index contributed by atoms with van der Waals surface area (Å²) in [5, 5.41) is 7.15. The van der Waals surface area contributed by atoms with Gasteiger partial charge in [-0.05, 0) is 49.9 Å². The average Bonchev–Trinajstić information content (AvgIpc) is 3.20. The van der Waals surface area contributed by atoms with Crippen molar-refractivity contribution in [2.45, 2.75) is 37.8 Å². The first-order valence-corrected chi connectivity index (χ1v) is 9.47. The lowest BCUT2D eigenvalue weighted by Crippen LogP contribution is -2.26. The van der Waals surface area contributed by atoms with Crippen LogP contribution in [0.15, 0.2) is 36.7 Å². The van der Waals surface area contributed by atoms with Gasteiger partial charge in [0, 0.05) is 24.3 Å². The Kier molecular flexibility index (Phi) is 3.99. The van der Waals surface area contributed by atoms with E-state index in [1.165, 1.54) is 12.3 Å². The van der Waals surface area contributed by atoms with Gasteiger partial charge in [-0.15, -0.1) is 0 Å². The monoisotopic (exact) mass is 383 g/mol. The molecule has 144 valence electrons. The summed E-state index contributed by atoms with van der Waals surface area (Å²) in [4.78, 5) is 19.1. The highest BCUT2D eigenvalue weighted by molar-refractivity contribution is 6.00. The number of halogens is 2. The zero-order chi connectivity index (χ0) is 19.3. The van der Waals surface area contributed by atoms with Gasteiger partial charge in [0.15, 0.2) is 5.65 Å². The Balaban J connectivity index is 1.51. The number of fused-ring (bicyclic) bond motifs is 1. The third kappa shape index (κ3) is 2.98. The maximum atomic E-state index is 14.3. The summed E-state index contributed by atoms with van der Waals surface area (Å²) >= 11 is 0. The number of aromatic nitrogens is 3. The van der Waals surface area contributed by atoms with Gasteiger partial charge in [0.1, 0.15) is 23.0 Å². The van der Waals surface area contributed by atoms with Crippen molar-refractivity contribution in [3.05, 3.63) is 59.4 Å². The molecule has 1 aliphatic carbocycles. The number of hydrogen-bond donors (Lipinski definition) is 1. The van der Waals surface area contributed by atoms with Crippen LogP contribution in [0.25, 0.3) is 5.65 Å². The molecule has 2 fully saturated rings. The zero-order valence-electron chi connectivity index (χ0n) is 15.1. The van der Waals surface area contributed by atoms with E-state index in [-0.39, 0.29) is 18.0 Å². The first-order valence-electron chi connectivity index (χ1n) is 9.47. The van der Waals surface area contributed by atoms with E-state index in [2.05, 4.69) is 15.4 Å². The topological polar surface area (TPSA) is 62.5 Å². The Hall–Kier alpha value is -3.03. The van der Waals surface area contributed by atoms with Crippen LogP contribution in [0.1, 0.15) is 47.6 Å². The summed E-state index contributed by atoms with van der Waals surface area (Å²) in [6.45, 7) is 0.682. The van der Waals surface area contributed by atoms with Gasteiger partial charge in [0.2, 0.25) is 0 Å². The minimum absolute atomic E-state index is 0.184. The highest BCUT2D eigenvalue weighted by Crippen LogP contribution is 2.36. The molecule has 0 bridgehead atoms. The van der Waals surface area contributed by atoms with Crippen LogP contribution in [0.2, 0.25) is 0 Å². The fourth-order valence-electron chi connectivity index (χ4n) is 3.80. The van der Waals surface area contributed by atoms with Crippen LogP contribution in [0.4, 0.5) is 14.6 Å². The molecule has 1 saturated carbocycles. The van der Waals surface area contributed by atoms with Crippen molar-refractivity contribution in [3.63, 3.8) is 0 Å². The molecular formula is C20H19F2N5O. The Morgan fingerprint density at radius 1 is 1.18 bits per heavy atom. The molecule has 3 aromatic rings. The molecule has 2 aromatic heterocycles. The highest BCUT2D eigenvalue weighted by Gasteiger charge is 2.30. The summed E-state index contributed by atoms with van der Waals surface area (Å²) in [5.41, 5.74) is 1.21. The third-order valence-electron chi connectivity index (χ3n) is 5.38. The van der Waals surface area contributed by atoms with Gasteiger partial charge in [0.05, 0.1) is 12.2 Å². The number of rotatable bonds is 4. The maximum Gasteiger partial charge on any atom is 0.256 e. The molecule has 1 unspecified atom stereocenters. The lowest BCUT2D eigenvalue weighted by molar-refractivity contribution is 0.0952. The molecule has 6 nitrogen and oxygen atoms in total. The second-order valence-corrected chi connectivity index (χ2v) is 7.38. The number of benzene rings is 1. The van der Waals surface area contributed by atoms with Gasteiger partial charge >= 0.3 is 0 Å². The highest BCUT2D eigenvalue weighted by atomic mass is 19.1. The predicted molar refractivity (Wildman–Crippen MR) is 99.2 cm³/mol. The van der Waals surface area contributed by atoms with Crippen LogP contribution in [-0.2, 0) is 0 Å². The third-order valence-corrected chi connectivity index (χ3v) is 5.38. The number of nitrogens with zero attached hydrogens (tertiary/aromatic N) is 4. The maximum absolute atomic E-state index is 14.3. The normalized spacial score (nSPS) is 19.4. The van der Waals surface area contributed by atoms with Crippen molar-refractivity contribution >= 4 is 17.4 Å². The van der Waals surface area contributed by atoms with Crippen LogP contribution in [0, 0.1) is 11.6 Å². The molecule has 0 spiro atoms. The fourth-order valence-corrected chi connectivity index (χ4v) is 3.80. The van der Waals surface area contributed by atoms with E-state index in [1.807, 2.05) is 4.90 Å². The Morgan fingerprint density at radius 3 is 2.86 bits per heavy atom. The number of hydrogen-bond acceptors (Lipinski definition) is 4. The molecule has 3 heterocycles. The van der Waals surface area contributed by atoms with Crippen molar-refractivity contribution < 1.29 is 13.6 Å². The van der Waals surface area contributed by atoms with Crippen LogP contribution < -0.4 is 10.2 Å². The molecule has 8 heteroatoms. The van der Waals surface area contributed by atoms with E-state index in [0.717, 1.165) is 31.4 Å². The van der Waals surface area contributed by atoms with Crippen molar-refractivity contribution in [2.24, 2.45) is 0 Å². The molecule has 28 heavy (non-hydrogen) atoms. The van der Waals surface area contributed by atoms with E-state index in [0.29, 0.717) is 35.6 Å². The summed E-state index contributed by atoms with van der Waals surface area (Å²) in [7, 11) is 0. The molecule has 1 amide bonds. The predicted octanol–water partition coefficient (Wildman–Crippen LogP) is 3.24. The minimum Gasteiger partial charge on any atom is -0.349 e. The van der Waals surface area contributed by atoms with E-state index in [1.54, 1.807) is 16.8 Å². The number of nitrogens with one attached hydrogen (secondary N) is 1. The molecule has 5 rings (SSSR count). The summed E-state index contributed by atoms with van der Waals surface area (Å²) in [6, 6.07) is 5.28. The van der Waals surface area contributed by atoms with Crippen molar-refractivity contribution in [1.82, 2.24) is 19.9 Å². The molecule has 1 N–H and O–H groups in total. The first kappa shape index (κ1) is 17.1. The zero-order valence-corrected chi connectivity index (χ0v) is 15.1.